The van der Waals surface area contributed by atoms with Gasteiger partial charge >= 0.3 is 0 Å². The van der Waals surface area contributed by atoms with E-state index in [1.807, 2.05) is 66.7 Å². The third-order valence-electron chi connectivity index (χ3n) is 4.85. The molecule has 5 rings (SSSR count). The van der Waals surface area contributed by atoms with Gasteiger partial charge in [-0.25, -0.2) is 9.97 Å². The summed E-state index contributed by atoms with van der Waals surface area (Å²) in [6.07, 6.45) is 0. The largest absolute Gasteiger partial charge is 0.497 e. The summed E-state index contributed by atoms with van der Waals surface area (Å²) in [6, 6.07) is 22.7. The number of benzene rings is 3. The van der Waals surface area contributed by atoms with Gasteiger partial charge < -0.3 is 9.72 Å². The molecule has 0 saturated carbocycles. The van der Waals surface area contributed by atoms with E-state index in [0.717, 1.165) is 28.3 Å². The molecule has 0 unspecified atom stereocenters. The molecule has 2 aromatic heterocycles. The number of hydrogen-bond acceptors (Lipinski definition) is 5. The highest BCUT2D eigenvalue weighted by Gasteiger charge is 2.14. The molecule has 0 aliphatic carbocycles. The molecule has 0 saturated heterocycles. The number of rotatable bonds is 5. The predicted molar refractivity (Wildman–Crippen MR) is 120 cm³/mol. The number of aromatic amines is 1. The van der Waals surface area contributed by atoms with Crippen LogP contribution in [0.15, 0.2) is 82.7 Å². The molecule has 30 heavy (non-hydrogen) atoms. The summed E-state index contributed by atoms with van der Waals surface area (Å²) in [5, 5.41) is 1.20. The third-order valence-corrected chi connectivity index (χ3v) is 5.80. The molecule has 0 aliphatic rings. The Bertz CT molecular complexity index is 1370. The molecule has 3 aromatic carbocycles. The fraction of sp³-hybridized carbons (Fsp3) is 0.0870. The van der Waals surface area contributed by atoms with Gasteiger partial charge in [0.15, 0.2) is 5.16 Å². The van der Waals surface area contributed by atoms with Crippen LogP contribution in [0.3, 0.4) is 0 Å². The number of hydrogen-bond donors (Lipinski definition) is 1. The number of para-hydroxylation sites is 3. The highest BCUT2D eigenvalue weighted by molar-refractivity contribution is 7.98. The molecular weight excluding hydrogens is 396 g/mol. The van der Waals surface area contributed by atoms with Crippen molar-refractivity contribution in [1.82, 2.24) is 19.5 Å². The van der Waals surface area contributed by atoms with E-state index in [1.54, 1.807) is 17.7 Å². The van der Waals surface area contributed by atoms with Gasteiger partial charge in [0.2, 0.25) is 0 Å². The van der Waals surface area contributed by atoms with Crippen LogP contribution in [0.1, 0.15) is 5.82 Å². The van der Waals surface area contributed by atoms with Crippen molar-refractivity contribution in [1.29, 1.82) is 0 Å². The Morgan fingerprint density at radius 2 is 1.67 bits per heavy atom. The first-order valence-corrected chi connectivity index (χ1v) is 10.4. The molecular formula is C23H18N4O2S. The molecule has 0 bridgehead atoms. The fourth-order valence-electron chi connectivity index (χ4n) is 3.38. The molecule has 2 heterocycles. The number of fused-ring (bicyclic) bond motifs is 2. The Hall–Kier alpha value is -3.58. The van der Waals surface area contributed by atoms with E-state index in [9.17, 15) is 4.79 Å². The van der Waals surface area contributed by atoms with Crippen LogP contribution in [0.4, 0.5) is 0 Å². The SMILES string of the molecule is COc1ccc(-n2c(SCc3nc4ccccc4[nH]3)nc3ccccc3c2=O)cc1. The third kappa shape index (κ3) is 3.33. The second-order valence-electron chi connectivity index (χ2n) is 6.74. The summed E-state index contributed by atoms with van der Waals surface area (Å²) in [5.74, 6) is 2.14. The number of nitrogens with one attached hydrogen (secondary N) is 1. The van der Waals surface area contributed by atoms with Gasteiger partial charge in [0.25, 0.3) is 5.56 Å². The van der Waals surface area contributed by atoms with Gasteiger partial charge in [-0.3, -0.25) is 9.36 Å². The number of nitrogens with zero attached hydrogens (tertiary/aromatic N) is 3. The van der Waals surface area contributed by atoms with Crippen molar-refractivity contribution in [2.75, 3.05) is 7.11 Å². The maximum atomic E-state index is 13.3. The van der Waals surface area contributed by atoms with Crippen LogP contribution in [-0.4, -0.2) is 26.6 Å². The van der Waals surface area contributed by atoms with E-state index < -0.39 is 0 Å². The first-order valence-electron chi connectivity index (χ1n) is 9.45. The Morgan fingerprint density at radius 1 is 0.933 bits per heavy atom. The molecule has 0 aliphatic heterocycles. The number of methoxy groups -OCH3 is 1. The van der Waals surface area contributed by atoms with Gasteiger partial charge in [-0.05, 0) is 48.5 Å². The normalized spacial score (nSPS) is 11.2. The molecule has 6 nitrogen and oxygen atoms in total. The van der Waals surface area contributed by atoms with Crippen LogP contribution in [-0.2, 0) is 5.75 Å². The monoisotopic (exact) mass is 414 g/mol. The Balaban J connectivity index is 1.59. The number of thioether (sulfide) groups is 1. The Labute approximate surface area is 176 Å². The van der Waals surface area contributed by atoms with Crippen LogP contribution >= 0.6 is 11.8 Å². The van der Waals surface area contributed by atoms with Crippen molar-refractivity contribution in [3.63, 3.8) is 0 Å². The van der Waals surface area contributed by atoms with Gasteiger partial charge in [-0.15, -0.1) is 0 Å². The Morgan fingerprint density at radius 3 is 2.43 bits per heavy atom. The average molecular weight is 414 g/mol. The van der Waals surface area contributed by atoms with Crippen molar-refractivity contribution < 1.29 is 4.74 Å². The quantitative estimate of drug-likeness (QED) is 0.337. The standard InChI is InChI=1S/C23H18N4O2S/c1-29-16-12-10-15(11-13-16)27-22(28)17-6-2-3-7-18(17)26-23(27)30-14-21-24-19-8-4-5-9-20(19)25-21/h2-13H,14H2,1H3,(H,24,25). The van der Waals surface area contributed by atoms with E-state index in [1.165, 1.54) is 11.8 Å². The van der Waals surface area contributed by atoms with E-state index >= 15 is 0 Å². The van der Waals surface area contributed by atoms with Crippen LogP contribution in [0, 0.1) is 0 Å². The van der Waals surface area contributed by atoms with Crippen molar-refractivity contribution in [3.05, 3.63) is 89.0 Å². The van der Waals surface area contributed by atoms with Crippen molar-refractivity contribution in [3.8, 4) is 11.4 Å². The maximum Gasteiger partial charge on any atom is 0.266 e. The van der Waals surface area contributed by atoms with Gasteiger partial charge in [-0.2, -0.15) is 0 Å². The van der Waals surface area contributed by atoms with Crippen LogP contribution < -0.4 is 10.3 Å². The molecule has 148 valence electrons. The fourth-order valence-corrected chi connectivity index (χ4v) is 4.26. The van der Waals surface area contributed by atoms with E-state index in [4.69, 9.17) is 9.72 Å². The van der Waals surface area contributed by atoms with E-state index in [-0.39, 0.29) is 5.56 Å². The van der Waals surface area contributed by atoms with Gasteiger partial charge in [0.1, 0.15) is 11.6 Å². The van der Waals surface area contributed by atoms with Crippen molar-refractivity contribution in [2.24, 2.45) is 0 Å². The van der Waals surface area contributed by atoms with Crippen molar-refractivity contribution in [2.45, 2.75) is 10.9 Å². The first-order chi connectivity index (χ1) is 14.7. The summed E-state index contributed by atoms with van der Waals surface area (Å²) in [6.45, 7) is 0. The molecule has 1 N–H and O–H groups in total. The summed E-state index contributed by atoms with van der Waals surface area (Å²) < 4.78 is 6.90. The highest BCUT2D eigenvalue weighted by Crippen LogP contribution is 2.25. The zero-order chi connectivity index (χ0) is 20.5. The molecule has 0 spiro atoms. The number of imidazole rings is 1. The summed E-state index contributed by atoms with van der Waals surface area (Å²) in [4.78, 5) is 26.0. The maximum absolute atomic E-state index is 13.3. The zero-order valence-electron chi connectivity index (χ0n) is 16.2. The van der Waals surface area contributed by atoms with Gasteiger partial charge in [0, 0.05) is 0 Å². The van der Waals surface area contributed by atoms with Crippen LogP contribution in [0.2, 0.25) is 0 Å². The van der Waals surface area contributed by atoms with E-state index in [2.05, 4.69) is 9.97 Å². The smallest absolute Gasteiger partial charge is 0.266 e. The zero-order valence-corrected chi connectivity index (χ0v) is 17.0. The lowest BCUT2D eigenvalue weighted by atomic mass is 10.2. The minimum atomic E-state index is -0.0992. The lowest BCUT2D eigenvalue weighted by molar-refractivity contribution is 0.414. The van der Waals surface area contributed by atoms with Crippen LogP contribution in [0.5, 0.6) is 5.75 Å². The second-order valence-corrected chi connectivity index (χ2v) is 7.68. The van der Waals surface area contributed by atoms with Crippen molar-refractivity contribution >= 4 is 33.7 Å². The highest BCUT2D eigenvalue weighted by atomic mass is 32.2. The number of ether oxygens (including phenoxy) is 1. The van der Waals surface area contributed by atoms with Crippen LogP contribution in [0.25, 0.3) is 27.6 Å². The average Bonchev–Trinajstić information content (AvgIpc) is 3.21. The predicted octanol–water partition coefficient (Wildman–Crippen LogP) is 4.56. The minimum absolute atomic E-state index is 0.0992. The molecule has 0 fully saturated rings. The van der Waals surface area contributed by atoms with Gasteiger partial charge in [0.05, 0.1) is 40.5 Å². The summed E-state index contributed by atoms with van der Waals surface area (Å²) in [5.41, 5.74) is 3.24. The molecule has 0 amide bonds. The lowest BCUT2D eigenvalue weighted by Gasteiger charge is -2.13. The Kier molecular flexibility index (Phi) is 4.72. The number of H-pyrrole nitrogens is 1. The summed E-state index contributed by atoms with van der Waals surface area (Å²) in [7, 11) is 1.62. The molecule has 7 heteroatoms. The molecule has 5 aromatic rings. The first kappa shape index (κ1) is 18.4. The topological polar surface area (TPSA) is 72.8 Å². The molecule has 0 radical (unpaired) electrons. The van der Waals surface area contributed by atoms with E-state index in [0.29, 0.717) is 21.8 Å². The number of aromatic nitrogens is 4. The minimum Gasteiger partial charge on any atom is -0.497 e. The second kappa shape index (κ2) is 7.68. The lowest BCUT2D eigenvalue weighted by Crippen LogP contribution is -2.21. The van der Waals surface area contributed by atoms with Gasteiger partial charge in [-0.1, -0.05) is 36.0 Å². The molecule has 0 atom stereocenters. The summed E-state index contributed by atoms with van der Waals surface area (Å²) >= 11 is 1.48.